The molecule has 1 aromatic heterocycles. The number of nitriles is 1. The Balaban J connectivity index is 2.07. The summed E-state index contributed by atoms with van der Waals surface area (Å²) in [5, 5.41) is 17.5. The van der Waals surface area contributed by atoms with E-state index in [4.69, 9.17) is 10.4 Å². The first kappa shape index (κ1) is 15.4. The van der Waals surface area contributed by atoms with Crippen LogP contribution < -0.4 is 4.72 Å². The molecule has 0 aromatic carbocycles. The van der Waals surface area contributed by atoms with Gasteiger partial charge in [-0.3, -0.25) is 4.79 Å². The van der Waals surface area contributed by atoms with Crippen molar-refractivity contribution in [3.05, 3.63) is 24.0 Å². The molecule has 2 N–H and O–H groups in total. The zero-order valence-corrected chi connectivity index (χ0v) is 12.1. The summed E-state index contributed by atoms with van der Waals surface area (Å²) >= 11 is 0. The number of carbonyl (C=O) groups is 1. The number of sulfonamides is 1. The minimum absolute atomic E-state index is 0.0358. The highest BCUT2D eigenvalue weighted by atomic mass is 32.2. The molecule has 7 nitrogen and oxygen atoms in total. The zero-order valence-electron chi connectivity index (χ0n) is 11.2. The summed E-state index contributed by atoms with van der Waals surface area (Å²) in [6.07, 6.45) is 3.39. The Kier molecular flexibility index (Phi) is 4.25. The summed E-state index contributed by atoms with van der Waals surface area (Å²) < 4.78 is 26.7. The fourth-order valence-electron chi connectivity index (χ4n) is 2.35. The molecular weight excluding hydrogens is 294 g/mol. The standard InChI is InChI=1S/C13H15N3O4S/c14-7-10-2-3-11(8-15-10)21(19,20)16-9-13(4-1-5-13)6-12(17)18/h2-3,8,16H,1,4-6,9H2,(H,17,18). The minimum atomic E-state index is -3.75. The van der Waals surface area contributed by atoms with Gasteiger partial charge in [-0.25, -0.2) is 18.1 Å². The third-order valence-electron chi connectivity index (χ3n) is 3.74. The SMILES string of the molecule is N#Cc1ccc(S(=O)(=O)NCC2(CC(=O)O)CCC2)cn1. The Morgan fingerprint density at radius 2 is 2.19 bits per heavy atom. The Hall–Kier alpha value is -1.98. The number of nitrogens with one attached hydrogen (secondary N) is 1. The quantitative estimate of drug-likeness (QED) is 0.804. The first-order chi connectivity index (χ1) is 9.87. The van der Waals surface area contributed by atoms with Gasteiger partial charge in [0.05, 0.1) is 6.42 Å². The van der Waals surface area contributed by atoms with Crippen molar-refractivity contribution in [3.63, 3.8) is 0 Å². The number of aromatic nitrogens is 1. The van der Waals surface area contributed by atoms with Crippen molar-refractivity contribution in [2.75, 3.05) is 6.54 Å². The van der Waals surface area contributed by atoms with Crippen molar-refractivity contribution in [2.45, 2.75) is 30.6 Å². The highest BCUT2D eigenvalue weighted by Gasteiger charge is 2.39. The molecule has 2 rings (SSSR count). The Bertz CT molecular complexity index is 672. The fourth-order valence-corrected chi connectivity index (χ4v) is 3.45. The van der Waals surface area contributed by atoms with E-state index in [1.54, 1.807) is 0 Å². The largest absolute Gasteiger partial charge is 0.481 e. The number of pyridine rings is 1. The molecule has 0 aliphatic heterocycles. The molecule has 0 radical (unpaired) electrons. The number of aliphatic carboxylic acids is 1. The van der Waals surface area contributed by atoms with E-state index < -0.39 is 21.4 Å². The van der Waals surface area contributed by atoms with E-state index in [2.05, 4.69) is 9.71 Å². The van der Waals surface area contributed by atoms with Crippen molar-refractivity contribution < 1.29 is 18.3 Å². The summed E-state index contributed by atoms with van der Waals surface area (Å²) in [5.41, 5.74) is -0.353. The highest BCUT2D eigenvalue weighted by Crippen LogP contribution is 2.43. The van der Waals surface area contributed by atoms with Crippen LogP contribution in [0.4, 0.5) is 0 Å². The number of rotatable bonds is 6. The molecule has 0 amide bonds. The van der Waals surface area contributed by atoms with Crippen LogP contribution in [-0.2, 0) is 14.8 Å². The number of hydrogen-bond donors (Lipinski definition) is 2. The van der Waals surface area contributed by atoms with Gasteiger partial charge in [-0.1, -0.05) is 6.42 Å². The topological polar surface area (TPSA) is 120 Å². The normalized spacial score (nSPS) is 16.7. The molecule has 1 saturated carbocycles. The maximum atomic E-state index is 12.1. The van der Waals surface area contributed by atoms with Crippen LogP contribution in [0.3, 0.4) is 0 Å². The van der Waals surface area contributed by atoms with E-state index in [1.165, 1.54) is 12.1 Å². The summed E-state index contributed by atoms with van der Waals surface area (Å²) in [7, 11) is -3.75. The maximum absolute atomic E-state index is 12.1. The Labute approximate surface area is 122 Å². The predicted octanol–water partition coefficient (Wildman–Crippen LogP) is 0.877. The number of hydrogen-bond acceptors (Lipinski definition) is 5. The van der Waals surface area contributed by atoms with Gasteiger partial charge in [-0.2, -0.15) is 5.26 Å². The zero-order chi connectivity index (χ0) is 15.5. The smallest absolute Gasteiger partial charge is 0.303 e. The third kappa shape index (κ3) is 3.56. The van der Waals surface area contributed by atoms with E-state index in [1.807, 2.05) is 6.07 Å². The predicted molar refractivity (Wildman–Crippen MR) is 72.7 cm³/mol. The van der Waals surface area contributed by atoms with Crippen LogP contribution in [0, 0.1) is 16.7 Å². The fraction of sp³-hybridized carbons (Fsp3) is 0.462. The summed E-state index contributed by atoms with van der Waals surface area (Å²) in [6, 6.07) is 4.44. The van der Waals surface area contributed by atoms with Crippen LogP contribution in [-0.4, -0.2) is 31.0 Å². The second-order valence-corrected chi connectivity index (χ2v) is 7.01. The van der Waals surface area contributed by atoms with E-state index >= 15 is 0 Å². The van der Waals surface area contributed by atoms with Gasteiger partial charge >= 0.3 is 5.97 Å². The van der Waals surface area contributed by atoms with Gasteiger partial charge in [0.1, 0.15) is 16.7 Å². The van der Waals surface area contributed by atoms with Crippen molar-refractivity contribution >= 4 is 16.0 Å². The van der Waals surface area contributed by atoms with Crippen molar-refractivity contribution in [1.82, 2.24) is 9.71 Å². The van der Waals surface area contributed by atoms with Crippen molar-refractivity contribution in [2.24, 2.45) is 5.41 Å². The second-order valence-electron chi connectivity index (χ2n) is 5.24. The molecule has 0 bridgehead atoms. The van der Waals surface area contributed by atoms with Gasteiger partial charge in [0, 0.05) is 12.7 Å². The molecule has 1 aliphatic rings. The molecule has 8 heteroatoms. The van der Waals surface area contributed by atoms with Crippen LogP contribution in [0.25, 0.3) is 0 Å². The average molecular weight is 309 g/mol. The molecule has 1 heterocycles. The summed E-state index contributed by atoms with van der Waals surface area (Å²) in [5.74, 6) is -0.922. The van der Waals surface area contributed by atoms with Crippen molar-refractivity contribution in [1.29, 1.82) is 5.26 Å². The second kappa shape index (κ2) is 5.79. The van der Waals surface area contributed by atoms with Crippen LogP contribution in [0.2, 0.25) is 0 Å². The van der Waals surface area contributed by atoms with Crippen LogP contribution in [0.5, 0.6) is 0 Å². The molecule has 21 heavy (non-hydrogen) atoms. The monoisotopic (exact) mass is 309 g/mol. The minimum Gasteiger partial charge on any atom is -0.481 e. The molecule has 0 saturated heterocycles. The molecular formula is C13H15N3O4S. The first-order valence-corrected chi connectivity index (χ1v) is 7.93. The lowest BCUT2D eigenvalue weighted by atomic mass is 9.67. The Morgan fingerprint density at radius 1 is 1.48 bits per heavy atom. The van der Waals surface area contributed by atoms with Crippen LogP contribution in [0.15, 0.2) is 23.2 Å². The number of carboxylic acid groups (broad SMARTS) is 1. The average Bonchev–Trinajstić information content (AvgIpc) is 2.41. The molecule has 1 aliphatic carbocycles. The molecule has 1 aromatic rings. The van der Waals surface area contributed by atoms with Crippen LogP contribution in [0.1, 0.15) is 31.4 Å². The first-order valence-electron chi connectivity index (χ1n) is 6.45. The summed E-state index contributed by atoms with van der Waals surface area (Å²) in [4.78, 5) is 14.5. The summed E-state index contributed by atoms with van der Waals surface area (Å²) in [6.45, 7) is 0.0988. The van der Waals surface area contributed by atoms with E-state index in [-0.39, 0.29) is 23.6 Å². The molecule has 112 valence electrons. The lowest BCUT2D eigenvalue weighted by Crippen LogP contribution is -2.43. The molecule has 0 unspecified atom stereocenters. The van der Waals surface area contributed by atoms with Gasteiger partial charge < -0.3 is 5.11 Å². The van der Waals surface area contributed by atoms with Crippen LogP contribution >= 0.6 is 0 Å². The van der Waals surface area contributed by atoms with Gasteiger partial charge in [0.2, 0.25) is 10.0 Å². The Morgan fingerprint density at radius 3 is 2.62 bits per heavy atom. The van der Waals surface area contributed by atoms with E-state index in [0.29, 0.717) is 12.8 Å². The lowest BCUT2D eigenvalue weighted by molar-refractivity contribution is -0.141. The van der Waals surface area contributed by atoms with Gasteiger partial charge in [0.25, 0.3) is 0 Å². The van der Waals surface area contributed by atoms with Gasteiger partial charge in [0.15, 0.2) is 0 Å². The van der Waals surface area contributed by atoms with Gasteiger partial charge in [-0.15, -0.1) is 0 Å². The lowest BCUT2D eigenvalue weighted by Gasteiger charge is -2.40. The molecule has 0 atom stereocenters. The number of nitrogens with zero attached hydrogens (tertiary/aromatic N) is 2. The maximum Gasteiger partial charge on any atom is 0.303 e. The van der Waals surface area contributed by atoms with E-state index in [0.717, 1.165) is 12.6 Å². The third-order valence-corrected chi connectivity index (χ3v) is 5.13. The highest BCUT2D eigenvalue weighted by molar-refractivity contribution is 7.89. The van der Waals surface area contributed by atoms with Gasteiger partial charge in [-0.05, 0) is 30.4 Å². The molecule has 1 fully saturated rings. The van der Waals surface area contributed by atoms with Crippen molar-refractivity contribution in [3.8, 4) is 6.07 Å². The molecule has 0 spiro atoms. The van der Waals surface area contributed by atoms with E-state index in [9.17, 15) is 13.2 Å². The number of carboxylic acids is 1.